The molecule has 156 valence electrons. The zero-order valence-corrected chi connectivity index (χ0v) is 16.4. The molecule has 0 saturated carbocycles. The van der Waals surface area contributed by atoms with Gasteiger partial charge in [-0.3, -0.25) is 9.52 Å². The third kappa shape index (κ3) is 5.19. The number of amides is 1. The number of aromatic carboxylic acids is 1. The number of phenols is 1. The first-order valence-electron chi connectivity index (χ1n) is 8.12. The van der Waals surface area contributed by atoms with Crippen LogP contribution in [0, 0.1) is 11.6 Å². The Labute approximate surface area is 165 Å². The van der Waals surface area contributed by atoms with Gasteiger partial charge in [0.25, 0.3) is 15.9 Å². The van der Waals surface area contributed by atoms with Crippen molar-refractivity contribution in [1.29, 1.82) is 0 Å². The van der Waals surface area contributed by atoms with Gasteiger partial charge in [-0.25, -0.2) is 22.0 Å². The number of carbonyl (C=O) groups is 2. The number of hydrogen-bond acceptors (Lipinski definition) is 5. The summed E-state index contributed by atoms with van der Waals surface area (Å²) in [6.45, 7) is 5.15. The first-order valence-corrected chi connectivity index (χ1v) is 9.60. The highest BCUT2D eigenvalue weighted by atomic mass is 32.2. The maximum atomic E-state index is 14.0. The van der Waals surface area contributed by atoms with Crippen LogP contribution in [0.15, 0.2) is 35.2 Å². The van der Waals surface area contributed by atoms with E-state index < -0.39 is 61.0 Å². The number of carboxylic acids is 1. The molecule has 0 aliphatic carbocycles. The Morgan fingerprint density at radius 3 is 2.14 bits per heavy atom. The van der Waals surface area contributed by atoms with Gasteiger partial charge >= 0.3 is 5.97 Å². The van der Waals surface area contributed by atoms with Crippen molar-refractivity contribution in [2.45, 2.75) is 31.2 Å². The van der Waals surface area contributed by atoms with Gasteiger partial charge in [-0.15, -0.1) is 0 Å². The van der Waals surface area contributed by atoms with Crippen molar-refractivity contribution in [1.82, 2.24) is 5.32 Å². The van der Waals surface area contributed by atoms with E-state index in [1.54, 1.807) is 25.5 Å². The average molecular weight is 428 g/mol. The third-order valence-corrected chi connectivity index (χ3v) is 4.91. The second-order valence-electron chi connectivity index (χ2n) is 7.11. The van der Waals surface area contributed by atoms with Crippen LogP contribution in [-0.2, 0) is 10.0 Å². The smallest absolute Gasteiger partial charge is 0.338 e. The molecule has 8 nitrogen and oxygen atoms in total. The summed E-state index contributed by atoms with van der Waals surface area (Å²) in [6.07, 6.45) is 0. The molecule has 0 aliphatic rings. The lowest BCUT2D eigenvalue weighted by atomic mass is 10.1. The van der Waals surface area contributed by atoms with Gasteiger partial charge in [-0.05, 0) is 39.0 Å². The molecular formula is C18H18F2N2O6S. The highest BCUT2D eigenvalue weighted by molar-refractivity contribution is 7.92. The highest BCUT2D eigenvalue weighted by Gasteiger charge is 2.23. The van der Waals surface area contributed by atoms with Crippen LogP contribution in [0.1, 0.15) is 41.5 Å². The van der Waals surface area contributed by atoms with Crippen molar-refractivity contribution in [2.75, 3.05) is 4.72 Å². The Hall–Kier alpha value is -3.21. The Balaban J connectivity index is 2.35. The summed E-state index contributed by atoms with van der Waals surface area (Å²) in [5.41, 5.74) is -2.56. The van der Waals surface area contributed by atoms with Crippen LogP contribution in [0.4, 0.5) is 14.5 Å². The number of halogens is 2. The summed E-state index contributed by atoms with van der Waals surface area (Å²) in [4.78, 5) is 22.4. The molecule has 0 atom stereocenters. The summed E-state index contributed by atoms with van der Waals surface area (Å²) < 4.78 is 54.3. The molecule has 0 saturated heterocycles. The predicted octanol–water partition coefficient (Wildman–Crippen LogP) is 2.70. The number of nitrogens with one attached hydrogen (secondary N) is 2. The van der Waals surface area contributed by atoms with Crippen molar-refractivity contribution in [3.8, 4) is 5.75 Å². The predicted molar refractivity (Wildman–Crippen MR) is 99.5 cm³/mol. The van der Waals surface area contributed by atoms with Crippen LogP contribution in [0.25, 0.3) is 0 Å². The van der Waals surface area contributed by atoms with Gasteiger partial charge < -0.3 is 15.5 Å². The Kier molecular flexibility index (Phi) is 5.84. The minimum absolute atomic E-state index is 0.179. The Morgan fingerprint density at radius 1 is 1.00 bits per heavy atom. The number of phenolic OH excluding ortho intramolecular Hbond substituents is 1. The zero-order chi connectivity index (χ0) is 22.1. The van der Waals surface area contributed by atoms with E-state index in [1.165, 1.54) is 0 Å². The molecule has 0 heterocycles. The second-order valence-corrected chi connectivity index (χ2v) is 8.79. The molecule has 0 radical (unpaired) electrons. The molecule has 4 N–H and O–H groups in total. The summed E-state index contributed by atoms with van der Waals surface area (Å²) in [5, 5.41) is 21.4. The van der Waals surface area contributed by atoms with Crippen LogP contribution < -0.4 is 10.0 Å². The quantitative estimate of drug-likeness (QED) is 0.579. The standard InChI is InChI=1S/C18H18F2N2O6S/c1-18(2,3)21-16(24)10-5-4-9(6-15(10)23)29(27,28)22-14-8-12(19)11(17(25)26)7-13(14)20/h4-8,22-23H,1-3H3,(H,21,24)(H,25,26). The maximum absolute atomic E-state index is 14.0. The largest absolute Gasteiger partial charge is 0.507 e. The lowest BCUT2D eigenvalue weighted by Crippen LogP contribution is -2.40. The molecular weight excluding hydrogens is 410 g/mol. The fraction of sp³-hybridized carbons (Fsp3) is 0.222. The molecule has 2 aromatic rings. The van der Waals surface area contributed by atoms with Crippen LogP contribution in [0.3, 0.4) is 0 Å². The van der Waals surface area contributed by atoms with Gasteiger partial charge in [0.15, 0.2) is 0 Å². The van der Waals surface area contributed by atoms with Gasteiger partial charge in [-0.1, -0.05) is 0 Å². The van der Waals surface area contributed by atoms with Crippen molar-refractivity contribution in [2.24, 2.45) is 0 Å². The van der Waals surface area contributed by atoms with Gasteiger partial charge in [0.1, 0.15) is 17.4 Å². The normalized spacial score (nSPS) is 11.8. The van der Waals surface area contributed by atoms with Gasteiger partial charge in [-0.2, -0.15) is 0 Å². The minimum Gasteiger partial charge on any atom is -0.507 e. The minimum atomic E-state index is -4.48. The summed E-state index contributed by atoms with van der Waals surface area (Å²) in [6, 6.07) is 3.57. The van der Waals surface area contributed by atoms with Crippen LogP contribution in [-0.4, -0.2) is 36.0 Å². The molecule has 0 fully saturated rings. The summed E-state index contributed by atoms with van der Waals surface area (Å²) in [5.74, 6) is -5.64. The van der Waals surface area contributed by atoms with E-state index in [2.05, 4.69) is 5.32 Å². The van der Waals surface area contributed by atoms with E-state index in [0.717, 1.165) is 18.2 Å². The maximum Gasteiger partial charge on any atom is 0.338 e. The van der Waals surface area contributed by atoms with E-state index in [4.69, 9.17) is 5.11 Å². The number of benzene rings is 2. The third-order valence-electron chi connectivity index (χ3n) is 3.54. The topological polar surface area (TPSA) is 133 Å². The molecule has 0 aliphatic heterocycles. The van der Waals surface area contributed by atoms with Gasteiger partial charge in [0, 0.05) is 17.7 Å². The molecule has 1 amide bonds. The number of rotatable bonds is 5. The SMILES string of the molecule is CC(C)(C)NC(=O)c1ccc(S(=O)(=O)Nc2cc(F)c(C(=O)O)cc2F)cc1O. The van der Waals surface area contributed by atoms with E-state index in [-0.39, 0.29) is 5.56 Å². The van der Waals surface area contributed by atoms with Crippen molar-refractivity contribution < 1.29 is 37.0 Å². The van der Waals surface area contributed by atoms with Crippen LogP contribution >= 0.6 is 0 Å². The van der Waals surface area contributed by atoms with E-state index >= 15 is 0 Å². The number of anilines is 1. The molecule has 0 spiro atoms. The fourth-order valence-corrected chi connectivity index (χ4v) is 3.35. The lowest BCUT2D eigenvalue weighted by Gasteiger charge is -2.21. The van der Waals surface area contributed by atoms with Crippen molar-refractivity contribution in [3.63, 3.8) is 0 Å². The second kappa shape index (κ2) is 7.66. The zero-order valence-electron chi connectivity index (χ0n) is 15.6. The summed E-state index contributed by atoms with van der Waals surface area (Å²) >= 11 is 0. The number of hydrogen-bond donors (Lipinski definition) is 4. The van der Waals surface area contributed by atoms with Crippen LogP contribution in [0.2, 0.25) is 0 Å². The monoisotopic (exact) mass is 428 g/mol. The molecule has 0 bridgehead atoms. The number of carboxylic acid groups (broad SMARTS) is 1. The molecule has 2 rings (SSSR count). The highest BCUT2D eigenvalue weighted by Crippen LogP contribution is 2.26. The number of aromatic hydroxyl groups is 1. The van der Waals surface area contributed by atoms with E-state index in [1.807, 2.05) is 0 Å². The first-order chi connectivity index (χ1) is 13.2. The first kappa shape index (κ1) is 22.1. The number of sulfonamides is 1. The van der Waals surface area contributed by atoms with Crippen LogP contribution in [0.5, 0.6) is 5.75 Å². The van der Waals surface area contributed by atoms with Crippen molar-refractivity contribution >= 4 is 27.6 Å². The van der Waals surface area contributed by atoms with Gasteiger partial charge in [0.05, 0.1) is 21.7 Å². The Bertz CT molecular complexity index is 1090. The molecule has 0 unspecified atom stereocenters. The Morgan fingerprint density at radius 2 is 1.62 bits per heavy atom. The van der Waals surface area contributed by atoms with E-state index in [0.29, 0.717) is 12.1 Å². The average Bonchev–Trinajstić information content (AvgIpc) is 2.55. The molecule has 0 aromatic heterocycles. The van der Waals surface area contributed by atoms with Crippen molar-refractivity contribution in [3.05, 3.63) is 53.1 Å². The molecule has 2 aromatic carbocycles. The van der Waals surface area contributed by atoms with Gasteiger partial charge in [0.2, 0.25) is 0 Å². The molecule has 11 heteroatoms. The molecule has 29 heavy (non-hydrogen) atoms. The lowest BCUT2D eigenvalue weighted by molar-refractivity contribution is 0.0691. The number of carbonyl (C=O) groups excluding carboxylic acids is 1. The summed E-state index contributed by atoms with van der Waals surface area (Å²) in [7, 11) is -4.48. The van der Waals surface area contributed by atoms with E-state index in [9.17, 15) is 31.9 Å². The fourth-order valence-electron chi connectivity index (χ4n) is 2.27.